The Morgan fingerprint density at radius 2 is 2.00 bits per heavy atom. The van der Waals surface area contributed by atoms with Crippen LogP contribution in [0.15, 0.2) is 29.8 Å². The predicted octanol–water partition coefficient (Wildman–Crippen LogP) is 2.99. The first-order valence-corrected chi connectivity index (χ1v) is 6.45. The highest BCUT2D eigenvalue weighted by atomic mass is 16.6. The molecule has 0 bridgehead atoms. The average molecular weight is 259 g/mol. The van der Waals surface area contributed by atoms with E-state index in [4.69, 9.17) is 0 Å². The molecule has 0 aromatic heterocycles. The molecule has 2 rings (SSSR count). The molecule has 4 nitrogen and oxygen atoms in total. The number of carbonyl (C=O) groups is 1. The fourth-order valence-electron chi connectivity index (χ4n) is 2.68. The van der Waals surface area contributed by atoms with Crippen LogP contribution in [0.1, 0.15) is 37.8 Å². The smallest absolute Gasteiger partial charge is 0.205 e. The van der Waals surface area contributed by atoms with E-state index >= 15 is 0 Å². The lowest BCUT2D eigenvalue weighted by molar-refractivity contribution is -0.481. The Hall–Kier alpha value is -1.97. The van der Waals surface area contributed by atoms with Crippen molar-refractivity contribution >= 4 is 11.9 Å². The first-order chi connectivity index (χ1) is 8.99. The van der Waals surface area contributed by atoms with Gasteiger partial charge >= 0.3 is 0 Å². The van der Waals surface area contributed by atoms with Gasteiger partial charge in [0.2, 0.25) is 6.54 Å². The second-order valence-electron chi connectivity index (χ2n) is 5.08. The predicted molar refractivity (Wildman–Crippen MR) is 73.5 cm³/mol. The third kappa shape index (κ3) is 2.30. The molecule has 0 spiro atoms. The van der Waals surface area contributed by atoms with Gasteiger partial charge in [0.05, 0.1) is 5.41 Å². The van der Waals surface area contributed by atoms with Crippen molar-refractivity contribution in [3.8, 4) is 0 Å². The summed E-state index contributed by atoms with van der Waals surface area (Å²) in [6, 6.07) is 7.66. The second kappa shape index (κ2) is 4.96. The van der Waals surface area contributed by atoms with Crippen molar-refractivity contribution in [3.05, 3.63) is 51.1 Å². The van der Waals surface area contributed by atoms with Gasteiger partial charge in [-0.25, -0.2) is 0 Å². The van der Waals surface area contributed by atoms with Crippen LogP contribution in [0.3, 0.4) is 0 Å². The van der Waals surface area contributed by atoms with Crippen molar-refractivity contribution in [2.75, 3.05) is 6.54 Å². The molecular weight excluding hydrogens is 242 g/mol. The minimum Gasteiger partial charge on any atom is -0.294 e. The molecule has 1 aliphatic rings. The largest absolute Gasteiger partial charge is 0.294 e. The monoisotopic (exact) mass is 259 g/mol. The van der Waals surface area contributed by atoms with Gasteiger partial charge in [0.1, 0.15) is 0 Å². The van der Waals surface area contributed by atoms with Crippen LogP contribution in [-0.4, -0.2) is 17.3 Å². The minimum atomic E-state index is -0.774. The molecule has 0 amide bonds. The van der Waals surface area contributed by atoms with Crippen molar-refractivity contribution in [1.82, 2.24) is 0 Å². The summed E-state index contributed by atoms with van der Waals surface area (Å²) in [6.45, 7) is 3.57. The summed E-state index contributed by atoms with van der Waals surface area (Å²) in [4.78, 5) is 22.8. The van der Waals surface area contributed by atoms with E-state index in [1.807, 2.05) is 44.2 Å². The number of carbonyl (C=O) groups excluding carboxylic acids is 1. The molecule has 100 valence electrons. The van der Waals surface area contributed by atoms with E-state index < -0.39 is 5.41 Å². The Kier molecular flexibility index (Phi) is 3.51. The standard InChI is InChI=1S/C15H17NO3/c1-3-11-10-12-6-4-5-7-13(12)15(2,14(11)17)8-9-16(18)19/h4-7,10H,3,8-9H2,1-2H3/t15-/m1/s1. The maximum absolute atomic E-state index is 12.6. The van der Waals surface area contributed by atoms with Gasteiger partial charge in [-0.05, 0) is 36.1 Å². The van der Waals surface area contributed by atoms with E-state index in [2.05, 4.69) is 0 Å². The molecule has 0 heterocycles. The molecule has 19 heavy (non-hydrogen) atoms. The zero-order valence-electron chi connectivity index (χ0n) is 11.2. The number of hydrogen-bond acceptors (Lipinski definition) is 3. The molecule has 1 aromatic rings. The first-order valence-electron chi connectivity index (χ1n) is 6.45. The van der Waals surface area contributed by atoms with Gasteiger partial charge in [0.25, 0.3) is 0 Å². The van der Waals surface area contributed by atoms with Crippen LogP contribution in [-0.2, 0) is 10.2 Å². The number of hydrogen-bond donors (Lipinski definition) is 0. The highest BCUT2D eigenvalue weighted by Crippen LogP contribution is 2.39. The summed E-state index contributed by atoms with van der Waals surface area (Å²) in [5.74, 6) is 0.0237. The topological polar surface area (TPSA) is 60.2 Å². The summed E-state index contributed by atoms with van der Waals surface area (Å²) in [5.41, 5.74) is 1.89. The molecule has 1 aliphatic carbocycles. The maximum atomic E-state index is 12.6. The summed E-state index contributed by atoms with van der Waals surface area (Å²) in [7, 11) is 0. The Balaban J connectivity index is 2.50. The minimum absolute atomic E-state index is 0.0237. The first kappa shape index (κ1) is 13.5. The van der Waals surface area contributed by atoms with Gasteiger partial charge in [-0.15, -0.1) is 0 Å². The van der Waals surface area contributed by atoms with Crippen LogP contribution in [0.2, 0.25) is 0 Å². The van der Waals surface area contributed by atoms with E-state index in [1.54, 1.807) is 0 Å². The molecule has 0 saturated carbocycles. The van der Waals surface area contributed by atoms with E-state index in [-0.39, 0.29) is 23.7 Å². The SMILES string of the molecule is CCC1=Cc2ccccc2[C@@](C)(CC[N+](=O)[O-])C1=O. The molecule has 0 saturated heterocycles. The van der Waals surface area contributed by atoms with Crippen molar-refractivity contribution in [2.24, 2.45) is 0 Å². The molecule has 1 atom stereocenters. The molecule has 0 aliphatic heterocycles. The van der Waals surface area contributed by atoms with Crippen LogP contribution in [0, 0.1) is 10.1 Å². The lowest BCUT2D eigenvalue weighted by Gasteiger charge is -2.33. The molecule has 0 fully saturated rings. The molecular formula is C15H17NO3. The zero-order valence-corrected chi connectivity index (χ0v) is 11.2. The van der Waals surface area contributed by atoms with Crippen LogP contribution in [0.5, 0.6) is 0 Å². The van der Waals surface area contributed by atoms with E-state index in [0.717, 1.165) is 16.7 Å². The number of nitro groups is 1. The fourth-order valence-corrected chi connectivity index (χ4v) is 2.68. The van der Waals surface area contributed by atoms with Crippen molar-refractivity contribution in [1.29, 1.82) is 0 Å². The normalized spacial score (nSPS) is 21.8. The molecule has 1 aromatic carbocycles. The zero-order chi connectivity index (χ0) is 14.0. The maximum Gasteiger partial charge on any atom is 0.205 e. The van der Waals surface area contributed by atoms with Gasteiger partial charge in [0, 0.05) is 11.3 Å². The van der Waals surface area contributed by atoms with Gasteiger partial charge in [-0.1, -0.05) is 31.2 Å². The van der Waals surface area contributed by atoms with Gasteiger partial charge in [0.15, 0.2) is 5.78 Å². The van der Waals surface area contributed by atoms with Gasteiger partial charge < -0.3 is 0 Å². The van der Waals surface area contributed by atoms with Gasteiger partial charge in [-0.2, -0.15) is 0 Å². The third-order valence-corrected chi connectivity index (χ3v) is 3.85. The number of rotatable bonds is 4. The Morgan fingerprint density at radius 1 is 1.32 bits per heavy atom. The highest BCUT2D eigenvalue weighted by molar-refractivity contribution is 6.09. The van der Waals surface area contributed by atoms with E-state index in [1.165, 1.54) is 0 Å². The van der Waals surface area contributed by atoms with E-state index in [0.29, 0.717) is 6.42 Å². The van der Waals surface area contributed by atoms with Gasteiger partial charge in [-0.3, -0.25) is 14.9 Å². The van der Waals surface area contributed by atoms with Crippen molar-refractivity contribution < 1.29 is 9.72 Å². The average Bonchev–Trinajstić information content (AvgIpc) is 2.41. The highest BCUT2D eigenvalue weighted by Gasteiger charge is 2.41. The number of benzene rings is 1. The number of nitrogens with zero attached hydrogens (tertiary/aromatic N) is 1. The lowest BCUT2D eigenvalue weighted by atomic mass is 9.68. The third-order valence-electron chi connectivity index (χ3n) is 3.85. The summed E-state index contributed by atoms with van der Waals surface area (Å²) in [6.07, 6.45) is 2.81. The molecule has 0 unspecified atom stereocenters. The number of Topliss-reactive ketones (excluding diaryl/α,β-unsaturated/α-hetero) is 1. The van der Waals surface area contributed by atoms with Crippen LogP contribution in [0.4, 0.5) is 0 Å². The summed E-state index contributed by atoms with van der Waals surface area (Å²) in [5, 5.41) is 10.6. The molecule has 0 radical (unpaired) electrons. The number of fused-ring (bicyclic) bond motifs is 1. The Bertz CT molecular complexity index is 562. The van der Waals surface area contributed by atoms with Crippen molar-refractivity contribution in [2.45, 2.75) is 32.1 Å². The summed E-state index contributed by atoms with van der Waals surface area (Å²) < 4.78 is 0. The number of allylic oxidation sites excluding steroid dienone is 1. The van der Waals surface area contributed by atoms with Crippen LogP contribution in [0.25, 0.3) is 6.08 Å². The lowest BCUT2D eigenvalue weighted by Crippen LogP contribution is -2.38. The van der Waals surface area contributed by atoms with Crippen LogP contribution < -0.4 is 0 Å². The van der Waals surface area contributed by atoms with Crippen molar-refractivity contribution in [3.63, 3.8) is 0 Å². The summed E-state index contributed by atoms with van der Waals surface area (Å²) >= 11 is 0. The second-order valence-corrected chi connectivity index (χ2v) is 5.08. The Labute approximate surface area is 112 Å². The molecule has 4 heteroatoms. The quantitative estimate of drug-likeness (QED) is 0.617. The number of ketones is 1. The van der Waals surface area contributed by atoms with Crippen LogP contribution >= 0.6 is 0 Å². The Morgan fingerprint density at radius 3 is 2.63 bits per heavy atom. The molecule has 0 N–H and O–H groups in total. The van der Waals surface area contributed by atoms with E-state index in [9.17, 15) is 14.9 Å². The fraction of sp³-hybridized carbons (Fsp3) is 0.400.